The lowest BCUT2D eigenvalue weighted by Crippen LogP contribution is -2.20. The quantitative estimate of drug-likeness (QED) is 0.611. The van der Waals surface area contributed by atoms with E-state index in [0.717, 1.165) is 0 Å². The van der Waals surface area contributed by atoms with Crippen LogP contribution in [-0.2, 0) is 0 Å². The van der Waals surface area contributed by atoms with Gasteiger partial charge in [0.1, 0.15) is 11.3 Å². The number of aromatic amines is 1. The van der Waals surface area contributed by atoms with Crippen molar-refractivity contribution in [1.29, 1.82) is 0 Å². The Labute approximate surface area is 91.5 Å². The molecule has 0 unspecified atom stereocenters. The summed E-state index contributed by atoms with van der Waals surface area (Å²) in [7, 11) is 0. The maximum atomic E-state index is 11.6. The van der Waals surface area contributed by atoms with E-state index in [1.807, 2.05) is 6.07 Å². The summed E-state index contributed by atoms with van der Waals surface area (Å²) in [5.41, 5.74) is -0.463. The monoisotopic (exact) mass is 215 g/mol. The molecule has 0 saturated heterocycles. The molecule has 0 aliphatic carbocycles. The summed E-state index contributed by atoms with van der Waals surface area (Å²) in [5, 5.41) is 0. The maximum Gasteiger partial charge on any atom is 0.349 e. The second-order valence-corrected chi connectivity index (χ2v) is 3.12. The van der Waals surface area contributed by atoms with Gasteiger partial charge >= 0.3 is 5.97 Å². The van der Waals surface area contributed by atoms with Crippen molar-refractivity contribution in [1.82, 2.24) is 4.98 Å². The Morgan fingerprint density at radius 1 is 1.06 bits per heavy atom. The molecule has 0 aliphatic heterocycles. The lowest BCUT2D eigenvalue weighted by molar-refractivity contribution is 0.0733. The fraction of sp³-hybridized carbons (Fsp3) is 0. The average molecular weight is 215 g/mol. The number of pyridine rings is 1. The molecule has 4 heteroatoms. The topological polar surface area (TPSA) is 59.2 Å². The van der Waals surface area contributed by atoms with Crippen LogP contribution in [0.3, 0.4) is 0 Å². The van der Waals surface area contributed by atoms with E-state index in [9.17, 15) is 9.59 Å². The molecule has 0 atom stereocenters. The van der Waals surface area contributed by atoms with Gasteiger partial charge in [0.25, 0.3) is 5.56 Å². The highest BCUT2D eigenvalue weighted by Gasteiger charge is 2.11. The van der Waals surface area contributed by atoms with Crippen molar-refractivity contribution < 1.29 is 9.53 Å². The minimum Gasteiger partial charge on any atom is -0.423 e. The number of ether oxygens (including phenoxy) is 1. The minimum absolute atomic E-state index is 0.00801. The summed E-state index contributed by atoms with van der Waals surface area (Å²) < 4.78 is 5.02. The number of hydrogen-bond donors (Lipinski definition) is 1. The zero-order valence-electron chi connectivity index (χ0n) is 8.34. The van der Waals surface area contributed by atoms with E-state index in [4.69, 9.17) is 4.74 Å². The zero-order valence-corrected chi connectivity index (χ0v) is 8.34. The van der Waals surface area contributed by atoms with Crippen molar-refractivity contribution >= 4 is 5.97 Å². The first-order chi connectivity index (χ1) is 7.77. The Morgan fingerprint density at radius 3 is 2.50 bits per heavy atom. The second-order valence-electron chi connectivity index (χ2n) is 3.12. The van der Waals surface area contributed by atoms with Crippen LogP contribution in [0.1, 0.15) is 10.4 Å². The molecule has 4 nitrogen and oxygen atoms in total. The molecule has 1 aromatic carbocycles. The molecule has 0 fully saturated rings. The summed E-state index contributed by atoms with van der Waals surface area (Å²) in [6.07, 6.45) is 1.46. The fourth-order valence-corrected chi connectivity index (χ4v) is 1.23. The number of carbonyl (C=O) groups is 1. The predicted molar refractivity (Wildman–Crippen MR) is 58.5 cm³/mol. The third-order valence-corrected chi connectivity index (χ3v) is 1.99. The van der Waals surface area contributed by atoms with Gasteiger partial charge in [0.15, 0.2) is 0 Å². The van der Waals surface area contributed by atoms with Crippen LogP contribution in [0, 0.1) is 0 Å². The number of esters is 1. The molecule has 0 aliphatic rings. The first kappa shape index (κ1) is 10.2. The molecule has 1 heterocycles. The third-order valence-electron chi connectivity index (χ3n) is 1.99. The highest BCUT2D eigenvalue weighted by molar-refractivity contribution is 5.90. The molecule has 1 N–H and O–H groups in total. The molecule has 0 bridgehead atoms. The Morgan fingerprint density at radius 2 is 1.81 bits per heavy atom. The number of benzene rings is 1. The molecule has 0 spiro atoms. The van der Waals surface area contributed by atoms with Crippen molar-refractivity contribution in [3.8, 4) is 5.75 Å². The van der Waals surface area contributed by atoms with Gasteiger partial charge in [0, 0.05) is 6.20 Å². The Bertz CT molecular complexity index is 545. The molecule has 0 saturated carbocycles. The van der Waals surface area contributed by atoms with Gasteiger partial charge in [-0.05, 0) is 24.3 Å². The van der Waals surface area contributed by atoms with Gasteiger partial charge in [0.05, 0.1) is 0 Å². The van der Waals surface area contributed by atoms with Crippen molar-refractivity contribution in [2.75, 3.05) is 0 Å². The molecule has 2 rings (SSSR count). The summed E-state index contributed by atoms with van der Waals surface area (Å²) >= 11 is 0. The van der Waals surface area contributed by atoms with Crippen LogP contribution in [0.25, 0.3) is 0 Å². The first-order valence-electron chi connectivity index (χ1n) is 4.72. The highest BCUT2D eigenvalue weighted by atomic mass is 16.5. The Hall–Kier alpha value is -2.36. The van der Waals surface area contributed by atoms with Gasteiger partial charge in [-0.1, -0.05) is 18.2 Å². The van der Waals surface area contributed by atoms with Crippen LogP contribution in [0.2, 0.25) is 0 Å². The lowest BCUT2D eigenvalue weighted by atomic mass is 10.3. The molecule has 2 aromatic rings. The van der Waals surface area contributed by atoms with E-state index < -0.39 is 11.5 Å². The average Bonchev–Trinajstić information content (AvgIpc) is 2.31. The predicted octanol–water partition coefficient (Wildman–Crippen LogP) is 1.59. The number of H-pyrrole nitrogens is 1. The first-order valence-corrected chi connectivity index (χ1v) is 4.72. The summed E-state index contributed by atoms with van der Waals surface area (Å²) in [4.78, 5) is 25.3. The van der Waals surface area contributed by atoms with E-state index in [2.05, 4.69) is 4.98 Å². The van der Waals surface area contributed by atoms with Crippen molar-refractivity contribution in [3.63, 3.8) is 0 Å². The molecule has 1 aromatic heterocycles. The minimum atomic E-state index is -0.659. The van der Waals surface area contributed by atoms with Crippen LogP contribution < -0.4 is 10.3 Å². The molecular formula is C12H9NO3. The van der Waals surface area contributed by atoms with Gasteiger partial charge in [0.2, 0.25) is 0 Å². The van der Waals surface area contributed by atoms with E-state index >= 15 is 0 Å². The second kappa shape index (κ2) is 4.44. The largest absolute Gasteiger partial charge is 0.423 e. The van der Waals surface area contributed by atoms with Gasteiger partial charge < -0.3 is 9.72 Å². The lowest BCUT2D eigenvalue weighted by Gasteiger charge is -2.02. The highest BCUT2D eigenvalue weighted by Crippen LogP contribution is 2.09. The van der Waals surface area contributed by atoms with Crippen molar-refractivity contribution in [2.24, 2.45) is 0 Å². The zero-order chi connectivity index (χ0) is 11.4. The Kier molecular flexibility index (Phi) is 2.82. The van der Waals surface area contributed by atoms with Crippen LogP contribution in [0.4, 0.5) is 0 Å². The normalized spacial score (nSPS) is 9.75. The molecular weight excluding hydrogens is 206 g/mol. The van der Waals surface area contributed by atoms with Crippen LogP contribution in [0.5, 0.6) is 5.75 Å². The van der Waals surface area contributed by atoms with Crippen LogP contribution in [0.15, 0.2) is 53.5 Å². The van der Waals surface area contributed by atoms with E-state index in [-0.39, 0.29) is 5.56 Å². The summed E-state index contributed by atoms with van der Waals surface area (Å²) in [5.74, 6) is -0.246. The van der Waals surface area contributed by atoms with Gasteiger partial charge in [-0.25, -0.2) is 4.79 Å². The third kappa shape index (κ3) is 2.17. The van der Waals surface area contributed by atoms with E-state index in [1.165, 1.54) is 12.3 Å². The van der Waals surface area contributed by atoms with Gasteiger partial charge in [-0.3, -0.25) is 4.79 Å². The Balaban J connectivity index is 2.22. The number of para-hydroxylation sites is 1. The maximum absolute atomic E-state index is 11.6. The summed E-state index contributed by atoms with van der Waals surface area (Å²) in [6.45, 7) is 0. The van der Waals surface area contributed by atoms with Crippen molar-refractivity contribution in [2.45, 2.75) is 0 Å². The molecule has 0 amide bonds. The number of aromatic nitrogens is 1. The van der Waals surface area contributed by atoms with E-state index in [1.54, 1.807) is 30.3 Å². The molecule has 80 valence electrons. The number of rotatable bonds is 2. The summed E-state index contributed by atoms with van der Waals surface area (Å²) in [6, 6.07) is 11.6. The SMILES string of the molecule is O=C(Oc1ccccc1)c1ccc[nH]c1=O. The number of nitrogens with one attached hydrogen (secondary N) is 1. The smallest absolute Gasteiger partial charge is 0.349 e. The standard InChI is InChI=1S/C12H9NO3/c14-11-10(7-4-8-13-11)12(15)16-9-5-2-1-3-6-9/h1-8H,(H,13,14). The van der Waals surface area contributed by atoms with Crippen LogP contribution >= 0.6 is 0 Å². The van der Waals surface area contributed by atoms with Gasteiger partial charge in [-0.15, -0.1) is 0 Å². The van der Waals surface area contributed by atoms with Crippen molar-refractivity contribution in [3.05, 3.63) is 64.6 Å². The number of hydrogen-bond acceptors (Lipinski definition) is 3. The van der Waals surface area contributed by atoms with Gasteiger partial charge in [-0.2, -0.15) is 0 Å². The van der Waals surface area contributed by atoms with Crippen LogP contribution in [-0.4, -0.2) is 11.0 Å². The number of carbonyl (C=O) groups excluding carboxylic acids is 1. The fourth-order valence-electron chi connectivity index (χ4n) is 1.23. The van der Waals surface area contributed by atoms with E-state index in [0.29, 0.717) is 5.75 Å². The molecule has 0 radical (unpaired) electrons. The molecule has 16 heavy (non-hydrogen) atoms.